The monoisotopic (exact) mass is 483 g/mol. The summed E-state index contributed by atoms with van der Waals surface area (Å²) in [7, 11) is 3.96. The zero-order valence-corrected chi connectivity index (χ0v) is 21.1. The molecule has 2 amide bonds. The third kappa shape index (κ3) is 5.26. The van der Waals surface area contributed by atoms with Crippen molar-refractivity contribution in [1.82, 2.24) is 15.1 Å². The van der Waals surface area contributed by atoms with Gasteiger partial charge in [0.15, 0.2) is 5.82 Å². The largest absolute Gasteiger partial charge is 0.309 e. The third-order valence-corrected chi connectivity index (χ3v) is 6.95. The lowest BCUT2D eigenvalue weighted by molar-refractivity contribution is -0.117. The summed E-state index contributed by atoms with van der Waals surface area (Å²) in [6, 6.07) is 16.3. The summed E-state index contributed by atoms with van der Waals surface area (Å²) in [5.41, 5.74) is 6.34. The van der Waals surface area contributed by atoms with Gasteiger partial charge in [-0.15, -0.1) is 0 Å². The Balaban J connectivity index is 1.28. The summed E-state index contributed by atoms with van der Waals surface area (Å²) < 4.78 is 0. The van der Waals surface area contributed by atoms with Gasteiger partial charge in [0.1, 0.15) is 0 Å². The van der Waals surface area contributed by atoms with Gasteiger partial charge >= 0.3 is 0 Å². The van der Waals surface area contributed by atoms with E-state index in [2.05, 4.69) is 39.8 Å². The molecule has 7 heteroatoms. The standard InChI is InChI=1S/C29H33N5O2/c1-19(29(36)30-27-18-25(31-32-27)20-9-10-20)21-6-4-7-22(16-21)23-11-12-26-24(17-23)13-15-34(26)28(35)8-5-14-33(2)3/h4-8,11-12,16-20H,9-10,13-15H2,1-3H3,(H2,30,31,32,36). The van der Waals surface area contributed by atoms with E-state index in [9.17, 15) is 9.59 Å². The van der Waals surface area contributed by atoms with Crippen molar-refractivity contribution in [2.24, 2.45) is 0 Å². The van der Waals surface area contributed by atoms with Crippen molar-refractivity contribution in [2.45, 2.75) is 38.0 Å². The Kier molecular flexibility index (Phi) is 6.74. The molecule has 1 aliphatic heterocycles. The number of H-pyrrole nitrogens is 1. The second-order valence-corrected chi connectivity index (χ2v) is 10.1. The molecular formula is C29H33N5O2. The van der Waals surface area contributed by atoms with Gasteiger partial charge in [-0.3, -0.25) is 14.7 Å². The minimum atomic E-state index is -0.317. The van der Waals surface area contributed by atoms with Gasteiger partial charge in [0.2, 0.25) is 5.91 Å². The quantitative estimate of drug-likeness (QED) is 0.455. The zero-order chi connectivity index (χ0) is 25.2. The smallest absolute Gasteiger partial charge is 0.250 e. The number of likely N-dealkylation sites (N-methyl/N-ethyl adjacent to an activating group) is 1. The maximum atomic E-state index is 12.9. The molecule has 2 aromatic carbocycles. The summed E-state index contributed by atoms with van der Waals surface area (Å²) in [6.07, 6.45) is 6.76. The molecule has 1 fully saturated rings. The average molecular weight is 484 g/mol. The van der Waals surface area contributed by atoms with E-state index in [0.29, 0.717) is 18.3 Å². The fraction of sp³-hybridized carbons (Fsp3) is 0.345. The van der Waals surface area contributed by atoms with Crippen molar-refractivity contribution < 1.29 is 9.59 Å². The average Bonchev–Trinajstić information content (AvgIpc) is 3.47. The number of hydrogen-bond donors (Lipinski definition) is 2. The third-order valence-electron chi connectivity index (χ3n) is 6.95. The predicted molar refractivity (Wildman–Crippen MR) is 143 cm³/mol. The molecule has 0 bridgehead atoms. The van der Waals surface area contributed by atoms with Crippen LogP contribution >= 0.6 is 0 Å². The predicted octanol–water partition coefficient (Wildman–Crippen LogP) is 4.70. The Bertz CT molecular complexity index is 1300. The maximum Gasteiger partial charge on any atom is 0.250 e. The number of anilines is 2. The molecule has 1 atom stereocenters. The number of nitrogens with one attached hydrogen (secondary N) is 2. The van der Waals surface area contributed by atoms with E-state index in [-0.39, 0.29) is 17.7 Å². The number of carbonyl (C=O) groups is 2. The molecule has 7 nitrogen and oxygen atoms in total. The number of amides is 2. The minimum Gasteiger partial charge on any atom is -0.309 e. The first kappa shape index (κ1) is 24.0. The Morgan fingerprint density at radius 1 is 1.17 bits per heavy atom. The van der Waals surface area contributed by atoms with Crippen LogP contribution in [0.15, 0.2) is 60.7 Å². The summed E-state index contributed by atoms with van der Waals surface area (Å²) in [4.78, 5) is 29.5. The summed E-state index contributed by atoms with van der Waals surface area (Å²) in [5, 5.41) is 10.2. The van der Waals surface area contributed by atoms with Crippen LogP contribution in [-0.2, 0) is 16.0 Å². The highest BCUT2D eigenvalue weighted by Gasteiger charge is 2.26. The second kappa shape index (κ2) is 10.1. The van der Waals surface area contributed by atoms with Crippen molar-refractivity contribution >= 4 is 23.3 Å². The number of aromatic amines is 1. The Morgan fingerprint density at radius 3 is 2.75 bits per heavy atom. The number of rotatable bonds is 8. The lowest BCUT2D eigenvalue weighted by atomic mass is 9.94. The van der Waals surface area contributed by atoms with Crippen LogP contribution in [0.2, 0.25) is 0 Å². The SMILES string of the molecule is CC(C(=O)Nc1cc(C2CC2)[nH]n1)c1cccc(-c2ccc3c(c2)CCN3C(=O)C=CCN(C)C)c1. The Morgan fingerprint density at radius 2 is 1.97 bits per heavy atom. The van der Waals surface area contributed by atoms with Crippen molar-refractivity contribution in [3.05, 3.63) is 77.5 Å². The highest BCUT2D eigenvalue weighted by Crippen LogP contribution is 2.39. The number of aromatic nitrogens is 2. The van der Waals surface area contributed by atoms with Crippen LogP contribution in [0.1, 0.15) is 48.4 Å². The lowest BCUT2D eigenvalue weighted by Crippen LogP contribution is -2.27. The fourth-order valence-corrected chi connectivity index (χ4v) is 4.64. The molecule has 0 saturated heterocycles. The molecule has 5 rings (SSSR count). The van der Waals surface area contributed by atoms with Crippen molar-refractivity contribution in [1.29, 1.82) is 0 Å². The first-order chi connectivity index (χ1) is 17.4. The molecule has 3 aromatic rings. The van der Waals surface area contributed by atoms with E-state index in [4.69, 9.17) is 0 Å². The normalized spacial score (nSPS) is 15.9. The molecule has 1 saturated carbocycles. The molecule has 36 heavy (non-hydrogen) atoms. The van der Waals surface area contributed by atoms with Gasteiger partial charge in [0.25, 0.3) is 5.91 Å². The summed E-state index contributed by atoms with van der Waals surface area (Å²) in [6.45, 7) is 3.34. The second-order valence-electron chi connectivity index (χ2n) is 10.1. The molecule has 2 aliphatic rings. The number of benzene rings is 2. The van der Waals surface area contributed by atoms with Crippen molar-refractivity contribution in [3.63, 3.8) is 0 Å². The molecule has 1 unspecified atom stereocenters. The van der Waals surface area contributed by atoms with Crippen LogP contribution in [-0.4, -0.2) is 54.1 Å². The number of hydrogen-bond acceptors (Lipinski definition) is 4. The maximum absolute atomic E-state index is 12.9. The summed E-state index contributed by atoms with van der Waals surface area (Å²) in [5.74, 6) is 0.772. The first-order valence-corrected chi connectivity index (χ1v) is 12.6. The summed E-state index contributed by atoms with van der Waals surface area (Å²) >= 11 is 0. The van der Waals surface area contributed by atoms with Crippen LogP contribution in [0.25, 0.3) is 11.1 Å². The van der Waals surface area contributed by atoms with E-state index in [1.165, 1.54) is 18.4 Å². The van der Waals surface area contributed by atoms with E-state index >= 15 is 0 Å². The molecule has 0 radical (unpaired) electrons. The molecule has 1 aromatic heterocycles. The van der Waals surface area contributed by atoms with Gasteiger partial charge in [-0.1, -0.05) is 36.4 Å². The Hall–Kier alpha value is -3.71. The molecule has 2 heterocycles. The van der Waals surface area contributed by atoms with Crippen LogP contribution in [0, 0.1) is 0 Å². The first-order valence-electron chi connectivity index (χ1n) is 12.6. The zero-order valence-electron chi connectivity index (χ0n) is 21.1. The van der Waals surface area contributed by atoms with Gasteiger partial charge in [-0.05, 0) is 74.7 Å². The number of fused-ring (bicyclic) bond motifs is 1. The minimum absolute atomic E-state index is 0.0198. The highest BCUT2D eigenvalue weighted by molar-refractivity contribution is 6.03. The van der Waals surface area contributed by atoms with Gasteiger partial charge in [0, 0.05) is 42.5 Å². The van der Waals surface area contributed by atoms with Gasteiger partial charge in [-0.25, -0.2) is 0 Å². The molecule has 186 valence electrons. The van der Waals surface area contributed by atoms with Crippen molar-refractivity contribution in [2.75, 3.05) is 37.4 Å². The molecule has 1 aliphatic carbocycles. The van der Waals surface area contributed by atoms with Crippen LogP contribution in [0.3, 0.4) is 0 Å². The van der Waals surface area contributed by atoms with Gasteiger partial charge in [0.05, 0.1) is 5.92 Å². The van der Waals surface area contributed by atoms with Gasteiger partial charge < -0.3 is 15.1 Å². The molecular weight excluding hydrogens is 450 g/mol. The Labute approximate surface area is 212 Å². The van der Waals surface area contributed by atoms with Crippen LogP contribution in [0.4, 0.5) is 11.5 Å². The highest BCUT2D eigenvalue weighted by atomic mass is 16.2. The molecule has 0 spiro atoms. The number of nitrogens with zero attached hydrogens (tertiary/aromatic N) is 3. The van der Waals surface area contributed by atoms with E-state index in [0.717, 1.165) is 41.0 Å². The number of carbonyl (C=O) groups excluding carboxylic acids is 2. The van der Waals surface area contributed by atoms with E-state index in [1.807, 2.05) is 61.2 Å². The molecule has 2 N–H and O–H groups in total. The van der Waals surface area contributed by atoms with E-state index in [1.54, 1.807) is 6.08 Å². The topological polar surface area (TPSA) is 81.3 Å². The van der Waals surface area contributed by atoms with E-state index < -0.39 is 0 Å². The van der Waals surface area contributed by atoms with Crippen molar-refractivity contribution in [3.8, 4) is 11.1 Å². The van der Waals surface area contributed by atoms with Crippen LogP contribution in [0.5, 0.6) is 0 Å². The van der Waals surface area contributed by atoms with Gasteiger partial charge in [-0.2, -0.15) is 5.10 Å². The lowest BCUT2D eigenvalue weighted by Gasteiger charge is -2.16. The van der Waals surface area contributed by atoms with Crippen LogP contribution < -0.4 is 10.2 Å². The fourth-order valence-electron chi connectivity index (χ4n) is 4.64.